The first kappa shape index (κ1) is 14.0. The second-order valence-electron chi connectivity index (χ2n) is 5.86. The van der Waals surface area contributed by atoms with Crippen molar-refractivity contribution in [3.63, 3.8) is 0 Å². The van der Waals surface area contributed by atoms with Crippen LogP contribution in [-0.4, -0.2) is 43.3 Å². The van der Waals surface area contributed by atoms with E-state index in [9.17, 15) is 0 Å². The fourth-order valence-corrected chi connectivity index (χ4v) is 3.08. The molecule has 3 rings (SSSR count). The lowest BCUT2D eigenvalue weighted by Crippen LogP contribution is -2.49. The normalized spacial score (nSPS) is 25.2. The van der Waals surface area contributed by atoms with Crippen LogP contribution in [-0.2, 0) is 29.0 Å². The fraction of sp³-hybridized carbons (Fsp3) is 0.625. The van der Waals surface area contributed by atoms with Crippen LogP contribution in [0.3, 0.4) is 0 Å². The number of ether oxygens (including phenoxy) is 2. The Kier molecular flexibility index (Phi) is 4.36. The van der Waals surface area contributed by atoms with Gasteiger partial charge >= 0.3 is 0 Å². The number of hydrogen-bond acceptors (Lipinski definition) is 4. The van der Waals surface area contributed by atoms with Crippen LogP contribution < -0.4 is 5.73 Å². The van der Waals surface area contributed by atoms with Crippen molar-refractivity contribution < 1.29 is 9.47 Å². The van der Waals surface area contributed by atoms with E-state index in [0.29, 0.717) is 0 Å². The summed E-state index contributed by atoms with van der Waals surface area (Å²) in [6.07, 6.45) is 1.19. The van der Waals surface area contributed by atoms with Gasteiger partial charge in [-0.15, -0.1) is 0 Å². The number of rotatable bonds is 3. The van der Waals surface area contributed by atoms with E-state index in [1.807, 2.05) is 6.92 Å². The predicted octanol–water partition coefficient (Wildman–Crippen LogP) is 1.31. The maximum atomic E-state index is 5.97. The van der Waals surface area contributed by atoms with E-state index in [1.54, 1.807) is 0 Å². The highest BCUT2D eigenvalue weighted by Gasteiger charge is 2.24. The molecule has 110 valence electrons. The van der Waals surface area contributed by atoms with Crippen LogP contribution in [0, 0.1) is 0 Å². The summed E-state index contributed by atoms with van der Waals surface area (Å²) in [6, 6.07) is 6.67. The molecule has 0 aliphatic carbocycles. The van der Waals surface area contributed by atoms with Crippen LogP contribution in [0.2, 0.25) is 0 Å². The van der Waals surface area contributed by atoms with Gasteiger partial charge in [0.2, 0.25) is 0 Å². The molecular formula is C16H24N2O2. The lowest BCUT2D eigenvalue weighted by atomic mass is 9.96. The molecule has 0 saturated carbocycles. The van der Waals surface area contributed by atoms with Gasteiger partial charge in [-0.25, -0.2) is 0 Å². The van der Waals surface area contributed by atoms with Gasteiger partial charge in [0.15, 0.2) is 0 Å². The van der Waals surface area contributed by atoms with Gasteiger partial charge in [0.25, 0.3) is 0 Å². The average molecular weight is 276 g/mol. The van der Waals surface area contributed by atoms with Crippen LogP contribution in [0.5, 0.6) is 0 Å². The van der Waals surface area contributed by atoms with Crippen molar-refractivity contribution in [3.8, 4) is 0 Å². The zero-order valence-electron chi connectivity index (χ0n) is 12.2. The van der Waals surface area contributed by atoms with Gasteiger partial charge in [0.1, 0.15) is 0 Å². The molecule has 1 fully saturated rings. The van der Waals surface area contributed by atoms with E-state index in [1.165, 1.54) is 16.7 Å². The smallest absolute Gasteiger partial charge is 0.0850 e. The van der Waals surface area contributed by atoms with Crippen molar-refractivity contribution in [2.24, 2.45) is 5.73 Å². The Morgan fingerprint density at radius 2 is 2.30 bits per heavy atom. The molecule has 2 heterocycles. The highest BCUT2D eigenvalue weighted by molar-refractivity contribution is 5.36. The summed E-state index contributed by atoms with van der Waals surface area (Å²) < 4.78 is 11.3. The van der Waals surface area contributed by atoms with Crippen LogP contribution >= 0.6 is 0 Å². The zero-order valence-corrected chi connectivity index (χ0v) is 12.2. The Hall–Kier alpha value is -0.940. The number of nitrogens with two attached hydrogens (primary N) is 1. The predicted molar refractivity (Wildman–Crippen MR) is 78.5 cm³/mol. The molecule has 2 aliphatic rings. The highest BCUT2D eigenvalue weighted by atomic mass is 16.5. The minimum atomic E-state index is 0.0934. The number of benzene rings is 1. The second-order valence-corrected chi connectivity index (χ2v) is 5.86. The van der Waals surface area contributed by atoms with E-state index in [0.717, 1.165) is 45.9 Å². The van der Waals surface area contributed by atoms with E-state index >= 15 is 0 Å². The summed E-state index contributed by atoms with van der Waals surface area (Å²) in [7, 11) is 0. The number of nitrogens with zero attached hydrogens (tertiary/aromatic N) is 1. The van der Waals surface area contributed by atoms with Crippen LogP contribution in [0.25, 0.3) is 0 Å². The first-order valence-electron chi connectivity index (χ1n) is 7.51. The first-order chi connectivity index (χ1) is 9.74. The molecular weight excluding hydrogens is 252 g/mol. The largest absolute Gasteiger partial charge is 0.376 e. The summed E-state index contributed by atoms with van der Waals surface area (Å²) in [4.78, 5) is 2.46. The lowest BCUT2D eigenvalue weighted by molar-refractivity contribution is -0.0404. The molecule has 2 atom stereocenters. The van der Waals surface area contributed by atoms with Gasteiger partial charge < -0.3 is 15.2 Å². The Bertz CT molecular complexity index is 462. The molecule has 0 radical (unpaired) electrons. The molecule has 2 aliphatic heterocycles. The zero-order chi connectivity index (χ0) is 13.9. The lowest BCUT2D eigenvalue weighted by Gasteiger charge is -2.35. The summed E-state index contributed by atoms with van der Waals surface area (Å²) in [5, 5.41) is 0. The Labute approximate surface area is 120 Å². The summed E-state index contributed by atoms with van der Waals surface area (Å²) in [5.74, 6) is 0. The van der Waals surface area contributed by atoms with Crippen molar-refractivity contribution >= 4 is 0 Å². The van der Waals surface area contributed by atoms with E-state index in [4.69, 9.17) is 15.2 Å². The molecule has 0 bridgehead atoms. The first-order valence-corrected chi connectivity index (χ1v) is 7.51. The number of fused-ring (bicyclic) bond motifs is 1. The third-order valence-corrected chi connectivity index (χ3v) is 4.28. The quantitative estimate of drug-likeness (QED) is 0.904. The third-order valence-electron chi connectivity index (χ3n) is 4.28. The van der Waals surface area contributed by atoms with Crippen molar-refractivity contribution in [3.05, 3.63) is 34.9 Å². The Balaban J connectivity index is 1.71. The van der Waals surface area contributed by atoms with Crippen LogP contribution in [0.4, 0.5) is 0 Å². The molecule has 1 aromatic rings. The molecule has 0 aromatic heterocycles. The summed E-state index contributed by atoms with van der Waals surface area (Å²) in [6.45, 7) is 7.32. The minimum Gasteiger partial charge on any atom is -0.376 e. The molecule has 2 unspecified atom stereocenters. The molecule has 0 amide bonds. The molecule has 4 heteroatoms. The standard InChI is InChI=1S/C16H24N2O2/c1-12(17)16-10-18(6-8-20-16)9-13-3-2-4-14-11-19-7-5-15(13)14/h2-4,12,16H,5-11,17H2,1H3. The number of hydrogen-bond donors (Lipinski definition) is 1. The van der Waals surface area contributed by atoms with Crippen LogP contribution in [0.15, 0.2) is 18.2 Å². The van der Waals surface area contributed by atoms with Gasteiger partial charge in [-0.1, -0.05) is 18.2 Å². The maximum Gasteiger partial charge on any atom is 0.0850 e. The van der Waals surface area contributed by atoms with Crippen LogP contribution in [0.1, 0.15) is 23.6 Å². The maximum absolute atomic E-state index is 5.97. The average Bonchev–Trinajstić information content (AvgIpc) is 2.48. The summed E-state index contributed by atoms with van der Waals surface area (Å²) in [5.41, 5.74) is 10.2. The third kappa shape index (κ3) is 3.04. The van der Waals surface area contributed by atoms with Crippen molar-refractivity contribution in [2.45, 2.75) is 38.6 Å². The monoisotopic (exact) mass is 276 g/mol. The highest BCUT2D eigenvalue weighted by Crippen LogP contribution is 2.23. The second kappa shape index (κ2) is 6.22. The van der Waals surface area contributed by atoms with Gasteiger partial charge in [-0.2, -0.15) is 0 Å². The van der Waals surface area contributed by atoms with E-state index in [-0.39, 0.29) is 12.1 Å². The Morgan fingerprint density at radius 3 is 3.15 bits per heavy atom. The van der Waals surface area contributed by atoms with Crippen molar-refractivity contribution in [1.82, 2.24) is 4.90 Å². The van der Waals surface area contributed by atoms with Gasteiger partial charge in [0, 0.05) is 25.7 Å². The van der Waals surface area contributed by atoms with E-state index < -0.39 is 0 Å². The minimum absolute atomic E-state index is 0.0934. The van der Waals surface area contributed by atoms with Crippen molar-refractivity contribution in [2.75, 3.05) is 26.3 Å². The van der Waals surface area contributed by atoms with Gasteiger partial charge in [-0.05, 0) is 30.0 Å². The van der Waals surface area contributed by atoms with Crippen molar-refractivity contribution in [1.29, 1.82) is 0 Å². The molecule has 0 spiro atoms. The SMILES string of the molecule is CC(N)C1CN(Cc2cccc3c2CCOC3)CCO1. The molecule has 4 nitrogen and oxygen atoms in total. The van der Waals surface area contributed by atoms with E-state index in [2.05, 4.69) is 23.1 Å². The number of morpholine rings is 1. The molecule has 1 aromatic carbocycles. The molecule has 2 N–H and O–H groups in total. The Morgan fingerprint density at radius 1 is 1.40 bits per heavy atom. The fourth-order valence-electron chi connectivity index (χ4n) is 3.08. The van der Waals surface area contributed by atoms with Gasteiger partial charge in [0.05, 0.1) is 25.9 Å². The molecule has 1 saturated heterocycles. The van der Waals surface area contributed by atoms with Gasteiger partial charge in [-0.3, -0.25) is 4.90 Å². The topological polar surface area (TPSA) is 47.7 Å². The molecule has 20 heavy (non-hydrogen) atoms. The summed E-state index contributed by atoms with van der Waals surface area (Å²) >= 11 is 0.